The number of halogens is 1. The summed E-state index contributed by atoms with van der Waals surface area (Å²) in [5.41, 5.74) is 7.33. The number of nitrogens with zero attached hydrogens (tertiary/aromatic N) is 1. The van der Waals surface area contributed by atoms with Gasteiger partial charge in [0, 0.05) is 24.1 Å². The maximum Gasteiger partial charge on any atom is 0.244 e. The first-order chi connectivity index (χ1) is 9.12. The van der Waals surface area contributed by atoms with Gasteiger partial charge in [0.05, 0.1) is 4.90 Å². The second-order valence-electron chi connectivity index (χ2n) is 5.43. The number of aryl methyl sites for hydroxylation is 1. The second kappa shape index (κ2) is 6.56. The van der Waals surface area contributed by atoms with E-state index in [-0.39, 0.29) is 16.9 Å². The first-order valence-corrected chi connectivity index (χ1v) is 8.83. The molecule has 114 valence electrons. The highest BCUT2D eigenvalue weighted by Gasteiger charge is 2.29. The van der Waals surface area contributed by atoms with Crippen molar-refractivity contribution in [2.75, 3.05) is 7.05 Å². The molecule has 0 spiro atoms. The molecule has 0 aliphatic rings. The van der Waals surface area contributed by atoms with Crippen LogP contribution in [0.1, 0.15) is 31.9 Å². The third-order valence-corrected chi connectivity index (χ3v) is 7.00. The van der Waals surface area contributed by atoms with E-state index in [9.17, 15) is 8.42 Å². The summed E-state index contributed by atoms with van der Waals surface area (Å²) in [6.45, 7) is 8.12. The molecule has 0 aromatic heterocycles. The minimum absolute atomic E-state index is 0.0752. The fraction of sp³-hybridized carbons (Fsp3) is 0.571. The monoisotopic (exact) mass is 362 g/mol. The topological polar surface area (TPSA) is 63.4 Å². The van der Waals surface area contributed by atoms with E-state index in [4.69, 9.17) is 5.73 Å². The summed E-state index contributed by atoms with van der Waals surface area (Å²) in [6.07, 6.45) is 0. The van der Waals surface area contributed by atoms with Crippen LogP contribution in [0.25, 0.3) is 0 Å². The normalized spacial score (nSPS) is 14.1. The van der Waals surface area contributed by atoms with E-state index in [0.717, 1.165) is 11.1 Å². The number of rotatable bonds is 5. The van der Waals surface area contributed by atoms with Crippen LogP contribution in [-0.4, -0.2) is 25.8 Å². The van der Waals surface area contributed by atoms with E-state index >= 15 is 0 Å². The van der Waals surface area contributed by atoms with E-state index in [1.165, 1.54) is 4.31 Å². The molecule has 0 aliphatic carbocycles. The molecule has 0 radical (unpaired) electrons. The summed E-state index contributed by atoms with van der Waals surface area (Å²) in [7, 11) is -1.92. The summed E-state index contributed by atoms with van der Waals surface area (Å²) in [6, 6.07) is 3.47. The lowest BCUT2D eigenvalue weighted by Crippen LogP contribution is -2.38. The van der Waals surface area contributed by atoms with Gasteiger partial charge in [-0.3, -0.25) is 0 Å². The molecule has 0 bridgehead atoms. The summed E-state index contributed by atoms with van der Waals surface area (Å²) in [5, 5.41) is 0. The summed E-state index contributed by atoms with van der Waals surface area (Å²) < 4.78 is 27.6. The van der Waals surface area contributed by atoms with Crippen LogP contribution in [0.4, 0.5) is 0 Å². The van der Waals surface area contributed by atoms with Gasteiger partial charge in [0.25, 0.3) is 0 Å². The van der Waals surface area contributed by atoms with Gasteiger partial charge in [0.2, 0.25) is 10.0 Å². The highest BCUT2D eigenvalue weighted by Crippen LogP contribution is 2.30. The minimum Gasteiger partial charge on any atom is -0.326 e. The van der Waals surface area contributed by atoms with Gasteiger partial charge < -0.3 is 5.73 Å². The molecule has 0 saturated heterocycles. The molecule has 1 atom stereocenters. The largest absolute Gasteiger partial charge is 0.326 e. The Balaban J connectivity index is 3.39. The number of hydrogen-bond donors (Lipinski definition) is 1. The van der Waals surface area contributed by atoms with Crippen LogP contribution in [0, 0.1) is 12.8 Å². The van der Waals surface area contributed by atoms with Gasteiger partial charge in [0.1, 0.15) is 0 Å². The average molecular weight is 363 g/mol. The lowest BCUT2D eigenvalue weighted by atomic mass is 10.1. The minimum atomic E-state index is -3.54. The van der Waals surface area contributed by atoms with E-state index in [0.29, 0.717) is 11.0 Å². The van der Waals surface area contributed by atoms with Crippen molar-refractivity contribution in [3.63, 3.8) is 0 Å². The summed E-state index contributed by atoms with van der Waals surface area (Å²) in [5.74, 6) is 0.243. The fourth-order valence-corrected chi connectivity index (χ4v) is 4.43. The molecule has 0 amide bonds. The van der Waals surface area contributed by atoms with Gasteiger partial charge in [-0.1, -0.05) is 19.9 Å². The predicted octanol–water partition coefficient (Wildman–Crippen LogP) is 2.88. The Hall–Kier alpha value is -0.430. The molecular formula is C14H23BrN2O2S. The Morgan fingerprint density at radius 1 is 1.30 bits per heavy atom. The molecule has 1 aromatic rings. The Morgan fingerprint density at radius 3 is 2.30 bits per heavy atom. The van der Waals surface area contributed by atoms with E-state index in [1.807, 2.05) is 33.8 Å². The molecule has 6 heteroatoms. The van der Waals surface area contributed by atoms with Crippen molar-refractivity contribution in [3.8, 4) is 0 Å². The SMILES string of the molecule is Cc1cc(CN)cc(S(=O)(=O)N(C)C(C)C(C)C)c1Br. The van der Waals surface area contributed by atoms with Crippen LogP contribution >= 0.6 is 15.9 Å². The summed E-state index contributed by atoms with van der Waals surface area (Å²) in [4.78, 5) is 0.285. The lowest BCUT2D eigenvalue weighted by Gasteiger charge is -2.28. The zero-order valence-electron chi connectivity index (χ0n) is 12.6. The zero-order chi connectivity index (χ0) is 15.7. The van der Waals surface area contributed by atoms with E-state index < -0.39 is 10.0 Å². The first kappa shape index (κ1) is 17.6. The first-order valence-electron chi connectivity index (χ1n) is 6.60. The van der Waals surface area contributed by atoms with Gasteiger partial charge in [-0.05, 0) is 52.9 Å². The zero-order valence-corrected chi connectivity index (χ0v) is 15.0. The molecule has 4 nitrogen and oxygen atoms in total. The highest BCUT2D eigenvalue weighted by molar-refractivity contribution is 9.10. The number of sulfonamides is 1. The van der Waals surface area contributed by atoms with E-state index in [2.05, 4.69) is 15.9 Å². The number of nitrogens with two attached hydrogens (primary N) is 1. The number of hydrogen-bond acceptors (Lipinski definition) is 3. The molecule has 20 heavy (non-hydrogen) atoms. The molecule has 0 fully saturated rings. The van der Waals surface area contributed by atoms with Crippen LogP contribution in [0.5, 0.6) is 0 Å². The molecule has 1 rings (SSSR count). The molecule has 1 unspecified atom stereocenters. The average Bonchev–Trinajstić information content (AvgIpc) is 2.39. The van der Waals surface area contributed by atoms with Crippen molar-refractivity contribution in [3.05, 3.63) is 27.7 Å². The Kier molecular flexibility index (Phi) is 5.78. The number of benzene rings is 1. The lowest BCUT2D eigenvalue weighted by molar-refractivity contribution is 0.315. The van der Waals surface area contributed by atoms with Crippen LogP contribution < -0.4 is 5.73 Å². The van der Waals surface area contributed by atoms with Crippen LogP contribution in [-0.2, 0) is 16.6 Å². The molecular weight excluding hydrogens is 340 g/mol. The molecule has 0 heterocycles. The third kappa shape index (κ3) is 3.42. The fourth-order valence-electron chi connectivity index (χ4n) is 1.91. The molecule has 1 aromatic carbocycles. The van der Waals surface area contributed by atoms with Gasteiger partial charge in [-0.15, -0.1) is 0 Å². The summed E-state index contributed by atoms with van der Waals surface area (Å²) >= 11 is 3.39. The standard InChI is InChI=1S/C14H23BrN2O2S/c1-9(2)11(4)17(5)20(18,19)13-7-12(8-16)6-10(3)14(13)15/h6-7,9,11H,8,16H2,1-5H3. The van der Waals surface area contributed by atoms with Crippen molar-refractivity contribution >= 4 is 26.0 Å². The maximum atomic E-state index is 12.8. The Bertz CT molecular complexity index is 585. The Morgan fingerprint density at radius 2 is 1.85 bits per heavy atom. The van der Waals surface area contributed by atoms with Gasteiger partial charge in [-0.25, -0.2) is 8.42 Å². The molecule has 0 saturated carbocycles. The smallest absolute Gasteiger partial charge is 0.244 e. The predicted molar refractivity (Wildman–Crippen MR) is 86.0 cm³/mol. The third-order valence-electron chi connectivity index (χ3n) is 3.71. The van der Waals surface area contributed by atoms with Crippen LogP contribution in [0.2, 0.25) is 0 Å². The van der Waals surface area contributed by atoms with E-state index in [1.54, 1.807) is 13.1 Å². The van der Waals surface area contributed by atoms with Gasteiger partial charge in [0.15, 0.2) is 0 Å². The van der Waals surface area contributed by atoms with Crippen molar-refractivity contribution in [1.82, 2.24) is 4.31 Å². The van der Waals surface area contributed by atoms with Crippen molar-refractivity contribution in [2.45, 2.75) is 45.2 Å². The molecule has 0 aliphatic heterocycles. The van der Waals surface area contributed by atoms with Crippen molar-refractivity contribution < 1.29 is 8.42 Å². The van der Waals surface area contributed by atoms with Crippen LogP contribution in [0.3, 0.4) is 0 Å². The van der Waals surface area contributed by atoms with Crippen molar-refractivity contribution in [1.29, 1.82) is 0 Å². The Labute approximate surface area is 130 Å². The maximum absolute atomic E-state index is 12.8. The highest BCUT2D eigenvalue weighted by atomic mass is 79.9. The van der Waals surface area contributed by atoms with Gasteiger partial charge in [-0.2, -0.15) is 4.31 Å². The van der Waals surface area contributed by atoms with Gasteiger partial charge >= 0.3 is 0 Å². The van der Waals surface area contributed by atoms with Crippen LogP contribution in [0.15, 0.2) is 21.5 Å². The quantitative estimate of drug-likeness (QED) is 0.875. The van der Waals surface area contributed by atoms with Crippen molar-refractivity contribution in [2.24, 2.45) is 11.7 Å². The second-order valence-corrected chi connectivity index (χ2v) is 8.19. The molecule has 2 N–H and O–H groups in total.